The van der Waals surface area contributed by atoms with E-state index < -0.39 is 10.0 Å². The largest absolute Gasteiger partial charge is 0.493 e. The summed E-state index contributed by atoms with van der Waals surface area (Å²) in [5.74, 6) is 1.07. The van der Waals surface area contributed by atoms with E-state index in [1.165, 1.54) is 25.5 Å². The minimum absolute atomic E-state index is 0.140. The molecule has 0 radical (unpaired) electrons. The normalized spacial score (nSPS) is 11.4. The van der Waals surface area contributed by atoms with Crippen LogP contribution in [0.5, 0.6) is 11.5 Å². The summed E-state index contributed by atoms with van der Waals surface area (Å²) in [6.45, 7) is 0.359. The van der Waals surface area contributed by atoms with Crippen molar-refractivity contribution in [3.8, 4) is 11.5 Å². The van der Waals surface area contributed by atoms with E-state index in [1.807, 2.05) is 12.1 Å². The molecule has 3 aromatic carbocycles. The molecule has 0 atom stereocenters. The van der Waals surface area contributed by atoms with Crippen LogP contribution in [0.4, 0.5) is 0 Å². The number of hydrazone groups is 1. The van der Waals surface area contributed by atoms with Crippen LogP contribution in [0, 0.1) is 0 Å². The maximum Gasteiger partial charge on any atom is 0.276 e. The van der Waals surface area contributed by atoms with Gasteiger partial charge in [-0.15, -0.1) is 0 Å². The molecule has 0 fully saturated rings. The van der Waals surface area contributed by atoms with Gasteiger partial charge in [0.05, 0.1) is 18.2 Å². The molecule has 3 aromatic rings. The molecule has 3 rings (SSSR count). The Morgan fingerprint density at radius 3 is 2.41 bits per heavy atom. The van der Waals surface area contributed by atoms with E-state index in [0.29, 0.717) is 28.7 Å². The summed E-state index contributed by atoms with van der Waals surface area (Å²) in [5, 5.41) is 4.49. The van der Waals surface area contributed by atoms with Gasteiger partial charge in [-0.05, 0) is 53.6 Å². The van der Waals surface area contributed by atoms with Crippen molar-refractivity contribution >= 4 is 27.8 Å². The molecule has 0 saturated heterocycles. The Morgan fingerprint density at radius 2 is 1.72 bits per heavy atom. The number of methoxy groups -OCH3 is 1. The average Bonchev–Trinajstić information content (AvgIpc) is 2.74. The predicted octanol–water partition coefficient (Wildman–Crippen LogP) is 4.24. The van der Waals surface area contributed by atoms with E-state index in [9.17, 15) is 8.42 Å². The summed E-state index contributed by atoms with van der Waals surface area (Å²) in [6, 6.07) is 20.6. The van der Waals surface area contributed by atoms with Crippen molar-refractivity contribution in [2.45, 2.75) is 11.5 Å². The van der Waals surface area contributed by atoms with E-state index >= 15 is 0 Å². The van der Waals surface area contributed by atoms with E-state index in [0.717, 1.165) is 5.56 Å². The van der Waals surface area contributed by atoms with Crippen LogP contribution in [0.3, 0.4) is 0 Å². The Bertz CT molecular complexity index is 1090. The van der Waals surface area contributed by atoms with Crippen LogP contribution < -0.4 is 14.3 Å². The molecule has 1 N–H and O–H groups in total. The highest BCUT2D eigenvalue weighted by Gasteiger charge is 2.11. The molecule has 0 aliphatic rings. The standard InChI is InChI=1S/C21H19ClN2O4S/c1-27-21-13-17(14-23-24-29(25,26)19-5-3-2-4-6-19)9-12-20(21)28-15-16-7-10-18(22)11-8-16/h2-14,24H,15H2,1H3. The molecule has 0 amide bonds. The van der Waals surface area contributed by atoms with Crippen molar-refractivity contribution in [2.24, 2.45) is 5.10 Å². The first-order valence-electron chi connectivity index (χ1n) is 8.63. The summed E-state index contributed by atoms with van der Waals surface area (Å²) in [5.41, 5.74) is 1.62. The Kier molecular flexibility index (Phi) is 6.74. The van der Waals surface area contributed by atoms with Gasteiger partial charge in [-0.3, -0.25) is 0 Å². The van der Waals surface area contributed by atoms with Crippen molar-refractivity contribution in [1.82, 2.24) is 4.83 Å². The Labute approximate surface area is 174 Å². The number of rotatable bonds is 8. The fraction of sp³-hybridized carbons (Fsp3) is 0.0952. The molecule has 6 nitrogen and oxygen atoms in total. The quantitative estimate of drug-likeness (QED) is 0.428. The zero-order valence-electron chi connectivity index (χ0n) is 15.6. The molecule has 0 aromatic heterocycles. The van der Waals surface area contributed by atoms with Gasteiger partial charge in [-0.25, -0.2) is 4.83 Å². The number of hydrogen-bond donors (Lipinski definition) is 1. The van der Waals surface area contributed by atoms with Gasteiger partial charge in [0.25, 0.3) is 10.0 Å². The lowest BCUT2D eigenvalue weighted by molar-refractivity contribution is 0.284. The maximum atomic E-state index is 12.2. The topological polar surface area (TPSA) is 77.0 Å². The molecule has 29 heavy (non-hydrogen) atoms. The van der Waals surface area contributed by atoms with Gasteiger partial charge in [0.1, 0.15) is 6.61 Å². The third-order valence-corrected chi connectivity index (χ3v) is 5.43. The van der Waals surface area contributed by atoms with E-state index in [1.54, 1.807) is 48.5 Å². The number of halogens is 1. The summed E-state index contributed by atoms with van der Waals surface area (Å²) in [6.07, 6.45) is 1.39. The lowest BCUT2D eigenvalue weighted by atomic mass is 10.2. The van der Waals surface area contributed by atoms with Crippen LogP contribution in [-0.4, -0.2) is 21.7 Å². The number of nitrogens with zero attached hydrogens (tertiary/aromatic N) is 1. The second kappa shape index (κ2) is 9.45. The Morgan fingerprint density at radius 1 is 1.00 bits per heavy atom. The molecule has 0 spiro atoms. The van der Waals surface area contributed by atoms with Gasteiger partial charge >= 0.3 is 0 Å². The van der Waals surface area contributed by atoms with Crippen molar-refractivity contribution in [3.05, 3.63) is 88.9 Å². The van der Waals surface area contributed by atoms with Crippen molar-refractivity contribution in [1.29, 1.82) is 0 Å². The average molecular weight is 431 g/mol. The van der Waals surface area contributed by atoms with Gasteiger partial charge in [0.2, 0.25) is 0 Å². The van der Waals surface area contributed by atoms with Crippen LogP contribution >= 0.6 is 11.6 Å². The monoisotopic (exact) mass is 430 g/mol. The fourth-order valence-corrected chi connectivity index (χ4v) is 3.39. The molecule has 0 bridgehead atoms. The van der Waals surface area contributed by atoms with Crippen molar-refractivity contribution in [2.75, 3.05) is 7.11 Å². The van der Waals surface area contributed by atoms with E-state index in [2.05, 4.69) is 9.93 Å². The zero-order valence-corrected chi connectivity index (χ0v) is 17.2. The van der Waals surface area contributed by atoms with Crippen LogP contribution in [0.2, 0.25) is 5.02 Å². The minimum atomic E-state index is -3.71. The van der Waals surface area contributed by atoms with E-state index in [-0.39, 0.29) is 4.90 Å². The summed E-state index contributed by atoms with van der Waals surface area (Å²) < 4.78 is 35.5. The first-order valence-corrected chi connectivity index (χ1v) is 10.5. The van der Waals surface area contributed by atoms with Crippen molar-refractivity contribution in [3.63, 3.8) is 0 Å². The summed E-state index contributed by atoms with van der Waals surface area (Å²) in [4.78, 5) is 2.33. The lowest BCUT2D eigenvalue weighted by Gasteiger charge is -2.11. The van der Waals surface area contributed by atoms with Gasteiger partial charge in [-0.2, -0.15) is 13.5 Å². The molecule has 0 aliphatic heterocycles. The Balaban J connectivity index is 1.66. The SMILES string of the molecule is COc1cc(C=NNS(=O)(=O)c2ccccc2)ccc1OCc1ccc(Cl)cc1. The predicted molar refractivity (Wildman–Crippen MR) is 113 cm³/mol. The number of sulfonamides is 1. The summed E-state index contributed by atoms with van der Waals surface area (Å²) >= 11 is 5.88. The number of hydrogen-bond acceptors (Lipinski definition) is 5. The van der Waals surface area contributed by atoms with Gasteiger partial charge in [0, 0.05) is 5.02 Å². The molecular weight excluding hydrogens is 412 g/mol. The lowest BCUT2D eigenvalue weighted by Crippen LogP contribution is -2.18. The van der Waals surface area contributed by atoms with Crippen LogP contribution in [0.1, 0.15) is 11.1 Å². The molecule has 0 heterocycles. The number of benzene rings is 3. The first kappa shape index (κ1) is 20.7. The van der Waals surface area contributed by atoms with Gasteiger partial charge < -0.3 is 9.47 Å². The highest BCUT2D eigenvalue weighted by Crippen LogP contribution is 2.28. The summed E-state index contributed by atoms with van der Waals surface area (Å²) in [7, 11) is -2.18. The van der Waals surface area contributed by atoms with Gasteiger partial charge in [-0.1, -0.05) is 41.9 Å². The molecule has 0 unspecified atom stereocenters. The smallest absolute Gasteiger partial charge is 0.276 e. The van der Waals surface area contributed by atoms with Gasteiger partial charge in [0.15, 0.2) is 11.5 Å². The third-order valence-electron chi connectivity index (χ3n) is 3.94. The maximum absolute atomic E-state index is 12.2. The second-order valence-electron chi connectivity index (χ2n) is 5.99. The molecule has 8 heteroatoms. The van der Waals surface area contributed by atoms with E-state index in [4.69, 9.17) is 21.1 Å². The fourth-order valence-electron chi connectivity index (χ4n) is 2.45. The molecule has 0 aliphatic carbocycles. The third kappa shape index (κ3) is 5.73. The first-order chi connectivity index (χ1) is 14.0. The van der Waals surface area contributed by atoms with Crippen LogP contribution in [0.15, 0.2) is 82.8 Å². The Hall–Kier alpha value is -3.03. The molecular formula is C21H19ClN2O4S. The van der Waals surface area contributed by atoms with Crippen molar-refractivity contribution < 1.29 is 17.9 Å². The van der Waals surface area contributed by atoms with Crippen LogP contribution in [-0.2, 0) is 16.6 Å². The molecule has 0 saturated carbocycles. The highest BCUT2D eigenvalue weighted by atomic mass is 35.5. The van der Waals surface area contributed by atoms with Crippen LogP contribution in [0.25, 0.3) is 0 Å². The minimum Gasteiger partial charge on any atom is -0.493 e. The highest BCUT2D eigenvalue weighted by molar-refractivity contribution is 7.89. The zero-order chi connectivity index (χ0) is 20.7. The molecule has 150 valence electrons. The second-order valence-corrected chi connectivity index (χ2v) is 8.09. The number of nitrogens with one attached hydrogen (secondary N) is 1. The number of ether oxygens (including phenoxy) is 2.